The van der Waals surface area contributed by atoms with Gasteiger partial charge < -0.3 is 14.9 Å². The van der Waals surface area contributed by atoms with Crippen molar-refractivity contribution < 1.29 is 32.3 Å². The van der Waals surface area contributed by atoms with E-state index in [9.17, 15) is 22.8 Å². The number of methoxy groups -OCH3 is 1. The van der Waals surface area contributed by atoms with E-state index in [1.54, 1.807) is 6.92 Å². The first-order valence-electron chi connectivity index (χ1n) is 9.66. The Kier molecular flexibility index (Phi) is 6.95. The van der Waals surface area contributed by atoms with Crippen molar-refractivity contribution in [1.82, 2.24) is 5.32 Å². The summed E-state index contributed by atoms with van der Waals surface area (Å²) in [6.07, 6.45) is -5.43. The van der Waals surface area contributed by atoms with Crippen LogP contribution in [0, 0.1) is 6.92 Å². The molecular weight excluding hydrogens is 484 g/mol. The van der Waals surface area contributed by atoms with E-state index in [0.29, 0.717) is 11.1 Å². The summed E-state index contributed by atoms with van der Waals surface area (Å²) in [5.74, 6) is -1.14. The molecule has 0 fully saturated rings. The Hall–Kier alpha value is -2.78. The van der Waals surface area contributed by atoms with Gasteiger partial charge in [-0.25, -0.2) is 4.79 Å². The van der Waals surface area contributed by atoms with Gasteiger partial charge in [-0.05, 0) is 55.3 Å². The maximum Gasteiger partial charge on any atom is 0.435 e. The smallest absolute Gasteiger partial charge is 0.435 e. The summed E-state index contributed by atoms with van der Waals surface area (Å²) in [5, 5.41) is 6.27. The van der Waals surface area contributed by atoms with Gasteiger partial charge in [0.1, 0.15) is 6.04 Å². The van der Waals surface area contributed by atoms with Gasteiger partial charge in [0, 0.05) is 27.6 Å². The van der Waals surface area contributed by atoms with Crippen LogP contribution in [0.5, 0.6) is 0 Å². The van der Waals surface area contributed by atoms with Gasteiger partial charge in [0.25, 0.3) is 11.5 Å². The second kappa shape index (κ2) is 9.23. The van der Waals surface area contributed by atoms with Crippen molar-refractivity contribution in [1.29, 1.82) is 0 Å². The Balaban J connectivity index is 1.88. The van der Waals surface area contributed by atoms with E-state index < -0.39 is 36.1 Å². The summed E-state index contributed by atoms with van der Waals surface area (Å²) in [6.45, 7) is 3.09. The van der Waals surface area contributed by atoms with Crippen LogP contribution in [0.1, 0.15) is 40.4 Å². The molecular formula is C22H19Cl2F3N2O4. The minimum Gasteiger partial charge on any atom is -0.467 e. The molecule has 0 spiro atoms. The van der Waals surface area contributed by atoms with Crippen molar-refractivity contribution in [2.75, 3.05) is 7.11 Å². The number of alkyl halides is 3. The highest BCUT2D eigenvalue weighted by molar-refractivity contribution is 6.34. The lowest BCUT2D eigenvalue weighted by atomic mass is 9.86. The van der Waals surface area contributed by atoms with Gasteiger partial charge in [-0.15, -0.1) is 0 Å². The zero-order chi connectivity index (χ0) is 24.6. The van der Waals surface area contributed by atoms with Gasteiger partial charge in [-0.1, -0.05) is 34.4 Å². The topological polar surface area (TPSA) is 77.0 Å². The molecule has 33 heavy (non-hydrogen) atoms. The molecule has 0 saturated heterocycles. The van der Waals surface area contributed by atoms with Gasteiger partial charge in [-0.2, -0.15) is 13.2 Å². The number of nitrogens with one attached hydrogen (secondary N) is 1. The maximum absolute atomic E-state index is 14.1. The van der Waals surface area contributed by atoms with Gasteiger partial charge in [0.15, 0.2) is 0 Å². The molecule has 176 valence electrons. The van der Waals surface area contributed by atoms with Crippen molar-refractivity contribution in [3.05, 3.63) is 68.7 Å². The van der Waals surface area contributed by atoms with Gasteiger partial charge in [0.2, 0.25) is 0 Å². The molecule has 1 N–H and O–H groups in total. The van der Waals surface area contributed by atoms with Crippen LogP contribution in [-0.2, 0) is 20.0 Å². The molecule has 6 nitrogen and oxygen atoms in total. The fourth-order valence-electron chi connectivity index (χ4n) is 3.45. The quantitative estimate of drug-likeness (QED) is 0.571. The number of rotatable bonds is 5. The molecule has 3 rings (SSSR count). The first-order valence-corrected chi connectivity index (χ1v) is 10.4. The Labute approximate surface area is 197 Å². The third-order valence-corrected chi connectivity index (χ3v) is 5.66. The van der Waals surface area contributed by atoms with E-state index in [0.717, 1.165) is 12.1 Å². The van der Waals surface area contributed by atoms with Crippen LogP contribution in [-0.4, -0.2) is 36.9 Å². The third-order valence-electron chi connectivity index (χ3n) is 5.22. The highest BCUT2D eigenvalue weighted by Gasteiger charge is 2.62. The van der Waals surface area contributed by atoms with Crippen LogP contribution in [0.4, 0.5) is 13.2 Å². The minimum atomic E-state index is -4.81. The summed E-state index contributed by atoms with van der Waals surface area (Å²) >= 11 is 11.8. The van der Waals surface area contributed by atoms with Crippen LogP contribution >= 0.6 is 23.2 Å². The van der Waals surface area contributed by atoms with E-state index in [1.807, 2.05) is 0 Å². The number of carbonyl (C=O) groups is 2. The number of benzene rings is 2. The van der Waals surface area contributed by atoms with E-state index in [2.05, 4.69) is 15.2 Å². The summed E-state index contributed by atoms with van der Waals surface area (Å²) in [7, 11) is 1.20. The molecule has 0 bridgehead atoms. The number of ether oxygens (including phenoxy) is 1. The lowest BCUT2D eigenvalue weighted by Crippen LogP contribution is -2.42. The summed E-state index contributed by atoms with van der Waals surface area (Å²) in [4.78, 5) is 29.0. The van der Waals surface area contributed by atoms with E-state index in [4.69, 9.17) is 28.0 Å². The fourth-order valence-corrected chi connectivity index (χ4v) is 3.98. The zero-order valence-corrected chi connectivity index (χ0v) is 19.2. The first-order chi connectivity index (χ1) is 15.4. The van der Waals surface area contributed by atoms with Crippen LogP contribution in [0.2, 0.25) is 10.0 Å². The van der Waals surface area contributed by atoms with Crippen LogP contribution in [0.15, 0.2) is 41.6 Å². The largest absolute Gasteiger partial charge is 0.467 e. The number of oxime groups is 1. The molecule has 1 unspecified atom stereocenters. The second-order valence-corrected chi connectivity index (χ2v) is 8.41. The number of amides is 1. The van der Waals surface area contributed by atoms with Crippen molar-refractivity contribution in [2.24, 2.45) is 5.16 Å². The Bertz CT molecular complexity index is 1120. The third kappa shape index (κ3) is 4.94. The monoisotopic (exact) mass is 502 g/mol. The molecule has 2 aromatic rings. The second-order valence-electron chi connectivity index (χ2n) is 7.54. The molecule has 1 aliphatic heterocycles. The van der Waals surface area contributed by atoms with Crippen molar-refractivity contribution in [3.8, 4) is 0 Å². The molecule has 1 heterocycles. The average Bonchev–Trinajstić information content (AvgIpc) is 3.19. The molecule has 0 aliphatic carbocycles. The molecule has 2 atom stereocenters. The average molecular weight is 503 g/mol. The van der Waals surface area contributed by atoms with Crippen molar-refractivity contribution in [3.63, 3.8) is 0 Å². The summed E-state index contributed by atoms with van der Waals surface area (Å²) < 4.78 is 47.0. The lowest BCUT2D eigenvalue weighted by molar-refractivity contribution is -0.275. The van der Waals surface area contributed by atoms with Crippen LogP contribution in [0.25, 0.3) is 0 Å². The van der Waals surface area contributed by atoms with Gasteiger partial charge in [0.05, 0.1) is 12.8 Å². The molecule has 1 aliphatic rings. The molecule has 2 aromatic carbocycles. The molecule has 0 radical (unpaired) electrons. The highest BCUT2D eigenvalue weighted by Crippen LogP contribution is 2.49. The maximum atomic E-state index is 14.1. The number of hydrogen-bond donors (Lipinski definition) is 1. The molecule has 11 heteroatoms. The Morgan fingerprint density at radius 3 is 2.36 bits per heavy atom. The highest BCUT2D eigenvalue weighted by atomic mass is 35.5. The van der Waals surface area contributed by atoms with E-state index in [-0.39, 0.29) is 26.9 Å². The SMILES string of the molecule is COC(=O)[C@H](C)NC(=O)c1ccc(C2=NOC(c3cc(Cl)cc(Cl)c3)(C(F)(F)F)C2)cc1C. The minimum absolute atomic E-state index is 0.0329. The molecule has 1 amide bonds. The van der Waals surface area contributed by atoms with Crippen LogP contribution in [0.3, 0.4) is 0 Å². The normalized spacial score (nSPS) is 18.8. The Morgan fingerprint density at radius 2 is 1.82 bits per heavy atom. The van der Waals surface area contributed by atoms with Gasteiger partial charge in [-0.3, -0.25) is 4.79 Å². The van der Waals surface area contributed by atoms with Gasteiger partial charge >= 0.3 is 12.1 Å². The van der Waals surface area contributed by atoms with Crippen molar-refractivity contribution in [2.45, 2.75) is 38.1 Å². The van der Waals surface area contributed by atoms with E-state index in [1.165, 1.54) is 38.3 Å². The van der Waals surface area contributed by atoms with Crippen LogP contribution < -0.4 is 5.32 Å². The number of hydrogen-bond acceptors (Lipinski definition) is 5. The fraction of sp³-hybridized carbons (Fsp3) is 0.318. The molecule has 0 saturated carbocycles. The number of esters is 1. The predicted molar refractivity (Wildman–Crippen MR) is 117 cm³/mol. The van der Waals surface area contributed by atoms with Crippen molar-refractivity contribution >= 4 is 40.8 Å². The number of aryl methyl sites for hydroxylation is 1. The lowest BCUT2D eigenvalue weighted by Gasteiger charge is -2.29. The predicted octanol–water partition coefficient (Wildman–Crippen LogP) is 5.18. The molecule has 0 aromatic heterocycles. The zero-order valence-electron chi connectivity index (χ0n) is 17.7. The number of halogens is 5. The number of nitrogens with zero attached hydrogens (tertiary/aromatic N) is 1. The summed E-state index contributed by atoms with van der Waals surface area (Å²) in [6, 6.07) is 7.16. The Morgan fingerprint density at radius 1 is 1.18 bits per heavy atom. The van der Waals surface area contributed by atoms with E-state index >= 15 is 0 Å². The summed E-state index contributed by atoms with van der Waals surface area (Å²) in [5.41, 5.74) is -1.91. The number of carbonyl (C=O) groups excluding carboxylic acids is 2. The first kappa shape index (κ1) is 24.9. The standard InChI is InChI=1S/C22H19Cl2F3N2O4/c1-11-6-13(4-5-17(11)19(30)28-12(2)20(31)32-3)18-10-21(33-29-18,22(25,26)27)14-7-15(23)9-16(24)8-14/h4-9,12H,10H2,1-3H3,(H,28,30)/t12-,21?/m0/s1.